The number of methoxy groups -OCH3 is 1. The summed E-state index contributed by atoms with van der Waals surface area (Å²) >= 11 is 6.99. The summed E-state index contributed by atoms with van der Waals surface area (Å²) in [6.07, 6.45) is 9.89. The normalized spacial score (nSPS) is 17.8. The quantitative estimate of drug-likeness (QED) is 0.261. The minimum atomic E-state index is -0.210. The van der Waals surface area contributed by atoms with Gasteiger partial charge in [-0.05, 0) is 78.4 Å². The van der Waals surface area contributed by atoms with Crippen LogP contribution in [0, 0.1) is 5.92 Å². The Bertz CT molecular complexity index is 1120. The number of halogens is 1. The van der Waals surface area contributed by atoms with Crippen LogP contribution in [-0.4, -0.2) is 29.7 Å². The van der Waals surface area contributed by atoms with E-state index in [0.717, 1.165) is 41.3 Å². The van der Waals surface area contributed by atoms with E-state index in [1.54, 1.807) is 19.3 Å². The lowest BCUT2D eigenvalue weighted by Crippen LogP contribution is -2.34. The standard InChI is InChI=1S/C28H30ClNO4S/c1-3-7-22-14-21(15-24(33-2)26(22)34-18-20-10-12-23(29)13-11-20)16-25-27(31)30(28(32)35-25)17-19-8-5-4-6-9-19/h3,10-16,19H,1,4-9,17-18H2,2H3/b25-16+. The summed E-state index contributed by atoms with van der Waals surface area (Å²) in [5.74, 6) is 1.39. The average molecular weight is 512 g/mol. The van der Waals surface area contributed by atoms with Crippen LogP contribution in [0.2, 0.25) is 5.02 Å². The van der Waals surface area contributed by atoms with Crippen molar-refractivity contribution in [3.63, 3.8) is 0 Å². The second-order valence-corrected chi connectivity index (χ2v) is 10.3. The Morgan fingerprint density at radius 2 is 1.89 bits per heavy atom. The van der Waals surface area contributed by atoms with Crippen molar-refractivity contribution in [1.29, 1.82) is 0 Å². The summed E-state index contributed by atoms with van der Waals surface area (Å²) in [6.45, 7) is 4.74. The Morgan fingerprint density at radius 1 is 1.14 bits per heavy atom. The number of amides is 2. The van der Waals surface area contributed by atoms with Crippen LogP contribution in [0.1, 0.15) is 48.8 Å². The number of benzene rings is 2. The number of nitrogens with zero attached hydrogens (tertiary/aromatic N) is 1. The zero-order valence-corrected chi connectivity index (χ0v) is 21.5. The Hall–Kier alpha value is -2.70. The Labute approximate surface area is 216 Å². The molecular formula is C28H30ClNO4S. The van der Waals surface area contributed by atoms with Crippen molar-refractivity contribution in [2.24, 2.45) is 5.92 Å². The van der Waals surface area contributed by atoms with Gasteiger partial charge in [-0.2, -0.15) is 0 Å². The number of carbonyl (C=O) groups excluding carboxylic acids is 2. The molecule has 0 spiro atoms. The average Bonchev–Trinajstić information content (AvgIpc) is 3.12. The Kier molecular flexibility index (Phi) is 8.58. The first kappa shape index (κ1) is 25.4. The lowest BCUT2D eigenvalue weighted by atomic mass is 9.89. The summed E-state index contributed by atoms with van der Waals surface area (Å²) < 4.78 is 11.8. The Balaban J connectivity index is 1.55. The molecule has 2 aliphatic rings. The van der Waals surface area contributed by atoms with Crippen LogP contribution in [-0.2, 0) is 17.8 Å². The van der Waals surface area contributed by atoms with Crippen LogP contribution in [0.4, 0.5) is 4.79 Å². The van der Waals surface area contributed by atoms with E-state index in [4.69, 9.17) is 21.1 Å². The van der Waals surface area contributed by atoms with Gasteiger partial charge in [-0.15, -0.1) is 6.58 Å². The predicted octanol–water partition coefficient (Wildman–Crippen LogP) is 7.27. The van der Waals surface area contributed by atoms with Gasteiger partial charge in [0.1, 0.15) is 6.61 Å². The molecular weight excluding hydrogens is 482 g/mol. The SMILES string of the molecule is C=CCc1cc(/C=C2/SC(=O)N(CC3CCCCC3)C2=O)cc(OC)c1OCc1ccc(Cl)cc1. The van der Waals surface area contributed by atoms with Crippen molar-refractivity contribution >= 4 is 40.6 Å². The van der Waals surface area contributed by atoms with Gasteiger partial charge in [0.2, 0.25) is 0 Å². The maximum atomic E-state index is 13.0. The molecule has 0 bridgehead atoms. The molecule has 0 atom stereocenters. The lowest BCUT2D eigenvalue weighted by Gasteiger charge is -2.25. The predicted molar refractivity (Wildman–Crippen MR) is 142 cm³/mol. The second kappa shape index (κ2) is 11.8. The van der Waals surface area contributed by atoms with Gasteiger partial charge in [0.25, 0.3) is 11.1 Å². The first-order valence-corrected chi connectivity index (χ1v) is 13.1. The van der Waals surface area contributed by atoms with Gasteiger partial charge in [0, 0.05) is 17.1 Å². The molecule has 1 heterocycles. The molecule has 1 saturated heterocycles. The van der Waals surface area contributed by atoms with E-state index in [9.17, 15) is 9.59 Å². The summed E-state index contributed by atoms with van der Waals surface area (Å²) in [4.78, 5) is 27.5. The molecule has 0 unspecified atom stereocenters. The summed E-state index contributed by atoms with van der Waals surface area (Å²) in [5, 5.41) is 0.485. The van der Waals surface area contributed by atoms with Crippen molar-refractivity contribution in [1.82, 2.24) is 4.90 Å². The number of carbonyl (C=O) groups is 2. The van der Waals surface area contributed by atoms with Gasteiger partial charge >= 0.3 is 0 Å². The number of imide groups is 1. The van der Waals surface area contributed by atoms with E-state index in [1.165, 1.54) is 24.2 Å². The van der Waals surface area contributed by atoms with E-state index in [-0.39, 0.29) is 11.1 Å². The molecule has 2 fully saturated rings. The lowest BCUT2D eigenvalue weighted by molar-refractivity contribution is -0.123. The number of hydrogen-bond donors (Lipinski definition) is 0. The first-order valence-electron chi connectivity index (χ1n) is 11.9. The maximum absolute atomic E-state index is 13.0. The van der Waals surface area contributed by atoms with Gasteiger partial charge in [0.15, 0.2) is 11.5 Å². The number of thioether (sulfide) groups is 1. The van der Waals surface area contributed by atoms with Gasteiger partial charge < -0.3 is 9.47 Å². The molecule has 2 aromatic rings. The summed E-state index contributed by atoms with van der Waals surface area (Å²) in [5.41, 5.74) is 2.65. The molecule has 2 aromatic carbocycles. The van der Waals surface area contributed by atoms with Crippen LogP contribution in [0.15, 0.2) is 54.0 Å². The molecule has 4 rings (SSSR count). The molecule has 35 heavy (non-hydrogen) atoms. The molecule has 1 aliphatic carbocycles. The fourth-order valence-corrected chi connectivity index (χ4v) is 5.54. The maximum Gasteiger partial charge on any atom is 0.293 e. The van der Waals surface area contributed by atoms with Gasteiger partial charge in [-0.1, -0.05) is 49.1 Å². The largest absolute Gasteiger partial charge is 0.493 e. The minimum absolute atomic E-state index is 0.187. The molecule has 5 nitrogen and oxygen atoms in total. The number of rotatable bonds is 9. The molecule has 0 radical (unpaired) electrons. The third-order valence-corrected chi connectivity index (χ3v) is 7.53. The number of ether oxygens (including phenoxy) is 2. The summed E-state index contributed by atoms with van der Waals surface area (Å²) in [6, 6.07) is 11.3. The van der Waals surface area contributed by atoms with E-state index >= 15 is 0 Å². The monoisotopic (exact) mass is 511 g/mol. The first-order chi connectivity index (χ1) is 17.0. The highest BCUT2D eigenvalue weighted by Gasteiger charge is 2.36. The smallest absolute Gasteiger partial charge is 0.293 e. The van der Waals surface area contributed by atoms with Crippen LogP contribution >= 0.6 is 23.4 Å². The van der Waals surface area contributed by atoms with E-state index in [1.807, 2.05) is 36.4 Å². The van der Waals surface area contributed by atoms with Crippen LogP contribution < -0.4 is 9.47 Å². The molecule has 1 saturated carbocycles. The van der Waals surface area contributed by atoms with Crippen LogP contribution in [0.3, 0.4) is 0 Å². The number of allylic oxidation sites excluding steroid dienone is 1. The van der Waals surface area contributed by atoms with Crippen molar-refractivity contribution in [2.75, 3.05) is 13.7 Å². The molecule has 184 valence electrons. The van der Waals surface area contributed by atoms with Gasteiger partial charge in [0.05, 0.1) is 12.0 Å². The van der Waals surface area contributed by atoms with Gasteiger partial charge in [-0.25, -0.2) is 0 Å². The number of hydrogen-bond acceptors (Lipinski definition) is 5. The summed E-state index contributed by atoms with van der Waals surface area (Å²) in [7, 11) is 1.59. The van der Waals surface area contributed by atoms with Crippen molar-refractivity contribution in [3.8, 4) is 11.5 Å². The third kappa shape index (κ3) is 6.30. The second-order valence-electron chi connectivity index (χ2n) is 8.92. The molecule has 1 aliphatic heterocycles. The van der Waals surface area contributed by atoms with E-state index in [2.05, 4.69) is 6.58 Å². The third-order valence-electron chi connectivity index (χ3n) is 6.37. The fraction of sp³-hybridized carbons (Fsp3) is 0.357. The zero-order valence-electron chi connectivity index (χ0n) is 19.9. The highest BCUT2D eigenvalue weighted by Crippen LogP contribution is 2.38. The van der Waals surface area contributed by atoms with Crippen LogP contribution in [0.5, 0.6) is 11.5 Å². The molecule has 0 N–H and O–H groups in total. The fourth-order valence-electron chi connectivity index (χ4n) is 4.56. The van der Waals surface area contributed by atoms with Crippen molar-refractivity contribution < 1.29 is 19.1 Å². The topological polar surface area (TPSA) is 55.8 Å². The highest BCUT2D eigenvalue weighted by molar-refractivity contribution is 8.18. The van der Waals surface area contributed by atoms with Gasteiger partial charge in [-0.3, -0.25) is 14.5 Å². The zero-order chi connectivity index (χ0) is 24.8. The highest BCUT2D eigenvalue weighted by atomic mass is 35.5. The molecule has 0 aromatic heterocycles. The molecule has 7 heteroatoms. The minimum Gasteiger partial charge on any atom is -0.493 e. The van der Waals surface area contributed by atoms with E-state index < -0.39 is 0 Å². The Morgan fingerprint density at radius 3 is 2.57 bits per heavy atom. The van der Waals surface area contributed by atoms with Crippen molar-refractivity contribution in [2.45, 2.75) is 45.1 Å². The van der Waals surface area contributed by atoms with Crippen molar-refractivity contribution in [3.05, 3.63) is 75.7 Å². The molecule has 2 amide bonds. The van der Waals surface area contributed by atoms with Crippen LogP contribution in [0.25, 0.3) is 6.08 Å². The van der Waals surface area contributed by atoms with E-state index in [0.29, 0.717) is 46.9 Å².